The van der Waals surface area contributed by atoms with Crippen molar-refractivity contribution in [1.82, 2.24) is 5.01 Å². The molecule has 5 heteroatoms. The molecule has 3 rings (SSSR count). The molecule has 0 bridgehead atoms. The highest BCUT2D eigenvalue weighted by molar-refractivity contribution is 6.12. The number of carbonyl (C=O) groups is 2. The summed E-state index contributed by atoms with van der Waals surface area (Å²) in [6.45, 7) is 2.18. The van der Waals surface area contributed by atoms with Crippen molar-refractivity contribution in [1.29, 1.82) is 0 Å². The highest BCUT2D eigenvalue weighted by Crippen LogP contribution is 2.16. The molecule has 152 valence electrons. The molecule has 30 heavy (non-hydrogen) atoms. The van der Waals surface area contributed by atoms with Crippen LogP contribution in [-0.4, -0.2) is 35.6 Å². The lowest BCUT2D eigenvalue weighted by Crippen LogP contribution is -2.45. The third kappa shape index (κ3) is 5.64. The fourth-order valence-corrected chi connectivity index (χ4v) is 2.99. The number of carbonyl (C=O) groups excluding carboxylic acids is 2. The Bertz CT molecular complexity index is 973. The van der Waals surface area contributed by atoms with Gasteiger partial charge in [-0.15, -0.1) is 0 Å². The topological polar surface area (TPSA) is 59.0 Å². The van der Waals surface area contributed by atoms with Crippen LogP contribution in [0, 0.1) is 0 Å². The van der Waals surface area contributed by atoms with Crippen LogP contribution in [0.3, 0.4) is 0 Å². The van der Waals surface area contributed by atoms with Crippen molar-refractivity contribution in [3.8, 4) is 0 Å². The van der Waals surface area contributed by atoms with Crippen molar-refractivity contribution >= 4 is 18.0 Å². The maximum atomic E-state index is 13.3. The van der Waals surface area contributed by atoms with Gasteiger partial charge in [-0.3, -0.25) is 9.80 Å². The van der Waals surface area contributed by atoms with E-state index in [-0.39, 0.29) is 18.9 Å². The molecule has 0 N–H and O–H groups in total. The molecule has 1 atom stereocenters. The zero-order chi connectivity index (χ0) is 21.2. The Morgan fingerprint density at radius 3 is 2.07 bits per heavy atom. The summed E-state index contributed by atoms with van der Waals surface area (Å²) in [4.78, 5) is 26.1. The summed E-state index contributed by atoms with van der Waals surface area (Å²) in [5, 5.41) is 6.02. The van der Waals surface area contributed by atoms with Crippen LogP contribution in [0.1, 0.15) is 28.4 Å². The van der Waals surface area contributed by atoms with Gasteiger partial charge in [0.05, 0.1) is 19.4 Å². The predicted octanol–water partition coefficient (Wildman–Crippen LogP) is 4.34. The van der Waals surface area contributed by atoms with Crippen molar-refractivity contribution in [2.75, 3.05) is 6.61 Å². The average molecular weight is 400 g/mol. The summed E-state index contributed by atoms with van der Waals surface area (Å²) in [6, 6.07) is 26.7. The second kappa shape index (κ2) is 10.7. The Balaban J connectivity index is 1.99. The Morgan fingerprint density at radius 2 is 1.47 bits per heavy atom. The van der Waals surface area contributed by atoms with Crippen molar-refractivity contribution in [2.24, 2.45) is 5.10 Å². The highest BCUT2D eigenvalue weighted by atomic mass is 16.5. The lowest BCUT2D eigenvalue weighted by atomic mass is 10.0. The number of ether oxygens (including phenoxy) is 1. The number of Topliss-reactive ketones (excluding diaryl/α,β-unsaturated/α-hetero) is 1. The Hall–Kier alpha value is -3.73. The van der Waals surface area contributed by atoms with Crippen molar-refractivity contribution in [3.05, 3.63) is 108 Å². The molecular weight excluding hydrogens is 376 g/mol. The van der Waals surface area contributed by atoms with E-state index in [4.69, 9.17) is 4.74 Å². The first-order chi connectivity index (χ1) is 14.7. The second-order valence-electron chi connectivity index (χ2n) is 6.62. The Morgan fingerprint density at radius 1 is 0.900 bits per heavy atom. The number of hydrogen-bond acceptors (Lipinski definition) is 5. The van der Waals surface area contributed by atoms with Gasteiger partial charge in [0.2, 0.25) is 6.04 Å². The number of rotatable bonds is 9. The van der Waals surface area contributed by atoms with Gasteiger partial charge in [-0.25, -0.2) is 4.79 Å². The first kappa shape index (κ1) is 21.0. The van der Waals surface area contributed by atoms with Gasteiger partial charge in [0, 0.05) is 5.56 Å². The first-order valence-corrected chi connectivity index (χ1v) is 9.84. The third-order valence-electron chi connectivity index (χ3n) is 4.46. The van der Waals surface area contributed by atoms with Gasteiger partial charge in [0.25, 0.3) is 0 Å². The second-order valence-corrected chi connectivity index (χ2v) is 6.62. The molecule has 0 aliphatic carbocycles. The number of nitrogens with zero attached hydrogens (tertiary/aromatic N) is 2. The van der Waals surface area contributed by atoms with Gasteiger partial charge in [-0.05, 0) is 18.1 Å². The van der Waals surface area contributed by atoms with Crippen LogP contribution in [0.5, 0.6) is 0 Å². The molecule has 0 aliphatic rings. The van der Waals surface area contributed by atoms with Gasteiger partial charge in [0.1, 0.15) is 0 Å². The van der Waals surface area contributed by atoms with Gasteiger partial charge < -0.3 is 4.74 Å². The third-order valence-corrected chi connectivity index (χ3v) is 4.46. The Labute approximate surface area is 176 Å². The van der Waals surface area contributed by atoms with Gasteiger partial charge in [-0.1, -0.05) is 91.0 Å². The van der Waals surface area contributed by atoms with E-state index in [1.165, 1.54) is 5.01 Å². The minimum Gasteiger partial charge on any atom is -0.464 e. The Kier molecular flexibility index (Phi) is 7.50. The van der Waals surface area contributed by atoms with Gasteiger partial charge in [0.15, 0.2) is 5.78 Å². The maximum Gasteiger partial charge on any atom is 0.338 e. The van der Waals surface area contributed by atoms with Crippen LogP contribution in [0.4, 0.5) is 0 Å². The molecule has 0 radical (unpaired) electrons. The van der Waals surface area contributed by atoms with Crippen molar-refractivity contribution in [2.45, 2.75) is 19.5 Å². The van der Waals surface area contributed by atoms with Crippen LogP contribution in [0.15, 0.2) is 96.1 Å². The molecule has 0 aromatic heterocycles. The standard InChI is InChI=1S/C25H24N2O3/c1-2-30-25(29)23(24(28)22-16-10-5-11-17-22)27(19-21-14-8-4-9-15-21)26-18-20-12-6-3-7-13-20/h3-18,23H,2,19H2,1H3. The monoisotopic (exact) mass is 400 g/mol. The van der Waals surface area contributed by atoms with Crippen LogP contribution in [0.25, 0.3) is 0 Å². The van der Waals surface area contributed by atoms with E-state index in [1.807, 2.05) is 66.7 Å². The normalized spacial score (nSPS) is 11.8. The molecule has 0 amide bonds. The molecule has 0 saturated heterocycles. The molecule has 0 spiro atoms. The molecule has 0 fully saturated rings. The zero-order valence-electron chi connectivity index (χ0n) is 16.8. The summed E-state index contributed by atoms with van der Waals surface area (Å²) in [6.07, 6.45) is 1.65. The lowest BCUT2D eigenvalue weighted by Gasteiger charge is -2.27. The van der Waals surface area contributed by atoms with E-state index in [1.54, 1.807) is 37.4 Å². The van der Waals surface area contributed by atoms with Crippen LogP contribution < -0.4 is 0 Å². The number of esters is 1. The highest BCUT2D eigenvalue weighted by Gasteiger charge is 2.34. The molecule has 3 aromatic carbocycles. The van der Waals surface area contributed by atoms with Crippen molar-refractivity contribution in [3.63, 3.8) is 0 Å². The van der Waals surface area contributed by atoms with Gasteiger partial charge in [-0.2, -0.15) is 5.10 Å². The zero-order valence-corrected chi connectivity index (χ0v) is 16.8. The molecule has 5 nitrogen and oxygen atoms in total. The first-order valence-electron chi connectivity index (χ1n) is 9.84. The fraction of sp³-hybridized carbons (Fsp3) is 0.160. The summed E-state index contributed by atoms with van der Waals surface area (Å²) >= 11 is 0. The van der Waals surface area contributed by atoms with E-state index in [2.05, 4.69) is 5.10 Å². The number of benzene rings is 3. The van der Waals surface area contributed by atoms with Crippen LogP contribution in [-0.2, 0) is 16.1 Å². The van der Waals surface area contributed by atoms with Crippen LogP contribution >= 0.6 is 0 Å². The van der Waals surface area contributed by atoms with E-state index in [0.717, 1.165) is 11.1 Å². The molecule has 0 saturated carbocycles. The average Bonchev–Trinajstić information content (AvgIpc) is 2.79. The number of hydrazone groups is 1. The number of ketones is 1. The fourth-order valence-electron chi connectivity index (χ4n) is 2.99. The summed E-state index contributed by atoms with van der Waals surface area (Å²) < 4.78 is 5.24. The van der Waals surface area contributed by atoms with E-state index in [9.17, 15) is 9.59 Å². The summed E-state index contributed by atoms with van der Waals surface area (Å²) in [5.41, 5.74) is 2.23. The molecule has 3 aromatic rings. The quantitative estimate of drug-likeness (QED) is 0.176. The minimum atomic E-state index is -1.19. The molecular formula is C25H24N2O3. The predicted molar refractivity (Wildman–Crippen MR) is 117 cm³/mol. The van der Waals surface area contributed by atoms with Crippen LogP contribution in [0.2, 0.25) is 0 Å². The number of hydrogen-bond donors (Lipinski definition) is 0. The largest absolute Gasteiger partial charge is 0.464 e. The van der Waals surface area contributed by atoms with Gasteiger partial charge >= 0.3 is 5.97 Å². The molecule has 1 unspecified atom stereocenters. The summed E-state index contributed by atoms with van der Waals surface area (Å²) in [5.74, 6) is -0.970. The SMILES string of the molecule is CCOC(=O)C(C(=O)c1ccccc1)N(Cc1ccccc1)N=Cc1ccccc1. The minimum absolute atomic E-state index is 0.180. The smallest absolute Gasteiger partial charge is 0.338 e. The maximum absolute atomic E-state index is 13.3. The van der Waals surface area contributed by atoms with Crippen molar-refractivity contribution < 1.29 is 14.3 Å². The molecule has 0 heterocycles. The summed E-state index contributed by atoms with van der Waals surface area (Å²) in [7, 11) is 0. The van der Waals surface area contributed by atoms with E-state index in [0.29, 0.717) is 5.56 Å². The lowest BCUT2D eigenvalue weighted by molar-refractivity contribution is -0.147. The van der Waals surface area contributed by atoms with E-state index >= 15 is 0 Å². The molecule has 0 aliphatic heterocycles. The van der Waals surface area contributed by atoms with E-state index < -0.39 is 12.0 Å².